The second-order valence-corrected chi connectivity index (χ2v) is 8.93. The number of amides is 1. The molecule has 7 heteroatoms. The molecule has 1 aromatic rings. The Balaban J connectivity index is 1.40. The number of aromatic nitrogens is 2. The summed E-state index contributed by atoms with van der Waals surface area (Å²) in [4.78, 5) is 30.9. The minimum atomic E-state index is 0.194. The lowest BCUT2D eigenvalue weighted by molar-refractivity contribution is -0.138. The Hall–Kier alpha value is -1.89. The first kappa shape index (κ1) is 19.4. The number of nitrogens with zero attached hydrogens (tertiary/aromatic N) is 6. The van der Waals surface area contributed by atoms with Crippen LogP contribution < -0.4 is 9.80 Å². The summed E-state index contributed by atoms with van der Waals surface area (Å²) in [6.07, 6.45) is 8.42. The molecule has 3 aliphatic rings. The molecule has 1 unspecified atom stereocenters. The molecule has 1 amide bonds. The van der Waals surface area contributed by atoms with E-state index in [0.717, 1.165) is 63.5 Å². The Morgan fingerprint density at radius 1 is 1.00 bits per heavy atom. The third-order valence-electron chi connectivity index (χ3n) is 6.44. The first-order valence-electron chi connectivity index (χ1n) is 10.8. The van der Waals surface area contributed by atoms with Crippen molar-refractivity contribution < 1.29 is 4.79 Å². The minimum absolute atomic E-state index is 0.194. The van der Waals surface area contributed by atoms with Crippen LogP contribution in [0.25, 0.3) is 0 Å². The molecule has 0 spiro atoms. The van der Waals surface area contributed by atoms with Gasteiger partial charge in [0.2, 0.25) is 5.91 Å². The molecular weight excluding hydrogens is 352 g/mol. The van der Waals surface area contributed by atoms with Crippen molar-refractivity contribution in [2.75, 3.05) is 57.1 Å². The van der Waals surface area contributed by atoms with Gasteiger partial charge < -0.3 is 19.6 Å². The molecule has 1 atom stereocenters. The molecule has 0 radical (unpaired) electrons. The van der Waals surface area contributed by atoms with Crippen molar-refractivity contribution in [2.45, 2.75) is 50.6 Å². The summed E-state index contributed by atoms with van der Waals surface area (Å²) >= 11 is 0. The fourth-order valence-electron chi connectivity index (χ4n) is 4.74. The van der Waals surface area contributed by atoms with Crippen molar-refractivity contribution in [1.29, 1.82) is 0 Å². The van der Waals surface area contributed by atoms with Crippen LogP contribution in [-0.4, -0.2) is 85.1 Å². The van der Waals surface area contributed by atoms with Crippen molar-refractivity contribution in [1.82, 2.24) is 19.8 Å². The van der Waals surface area contributed by atoms with Gasteiger partial charge in [-0.25, -0.2) is 9.97 Å². The molecule has 4 rings (SSSR count). The van der Waals surface area contributed by atoms with E-state index in [9.17, 15) is 4.79 Å². The van der Waals surface area contributed by atoms with Gasteiger partial charge in [0.1, 0.15) is 18.0 Å². The van der Waals surface area contributed by atoms with E-state index in [-0.39, 0.29) is 5.92 Å². The van der Waals surface area contributed by atoms with Gasteiger partial charge in [-0.2, -0.15) is 0 Å². The van der Waals surface area contributed by atoms with Gasteiger partial charge in [-0.05, 0) is 52.1 Å². The van der Waals surface area contributed by atoms with Gasteiger partial charge in [-0.1, -0.05) is 0 Å². The van der Waals surface area contributed by atoms with E-state index in [1.807, 2.05) is 19.0 Å². The fraction of sp³-hybridized carbons (Fsp3) is 0.762. The van der Waals surface area contributed by atoms with E-state index in [4.69, 9.17) is 0 Å². The second kappa shape index (κ2) is 8.23. The molecule has 7 nitrogen and oxygen atoms in total. The van der Waals surface area contributed by atoms with Gasteiger partial charge in [0.15, 0.2) is 0 Å². The Kier molecular flexibility index (Phi) is 5.71. The predicted molar refractivity (Wildman–Crippen MR) is 112 cm³/mol. The molecule has 0 aromatic carbocycles. The zero-order valence-corrected chi connectivity index (χ0v) is 17.5. The lowest BCUT2D eigenvalue weighted by Gasteiger charge is -2.41. The molecule has 0 bridgehead atoms. The second-order valence-electron chi connectivity index (χ2n) is 8.93. The van der Waals surface area contributed by atoms with Crippen LogP contribution in [0.15, 0.2) is 12.4 Å². The number of rotatable bonds is 5. The third-order valence-corrected chi connectivity index (χ3v) is 6.44. The van der Waals surface area contributed by atoms with Gasteiger partial charge >= 0.3 is 0 Å². The highest BCUT2D eigenvalue weighted by Gasteiger charge is 2.38. The molecule has 2 aliphatic heterocycles. The van der Waals surface area contributed by atoms with E-state index in [0.29, 0.717) is 18.0 Å². The lowest BCUT2D eigenvalue weighted by Crippen LogP contribution is -2.51. The quantitative estimate of drug-likeness (QED) is 0.770. The number of anilines is 2. The number of likely N-dealkylation sites (tertiary alicyclic amines) is 2. The van der Waals surface area contributed by atoms with Crippen molar-refractivity contribution in [3.8, 4) is 0 Å². The molecule has 3 heterocycles. The summed E-state index contributed by atoms with van der Waals surface area (Å²) in [5.41, 5.74) is 0. The zero-order valence-electron chi connectivity index (χ0n) is 17.5. The molecule has 1 aromatic heterocycles. The van der Waals surface area contributed by atoms with Crippen LogP contribution in [0, 0.1) is 5.92 Å². The van der Waals surface area contributed by atoms with Crippen molar-refractivity contribution in [2.24, 2.45) is 5.92 Å². The van der Waals surface area contributed by atoms with Gasteiger partial charge in [-0.15, -0.1) is 0 Å². The van der Waals surface area contributed by atoms with Gasteiger partial charge in [0.25, 0.3) is 0 Å². The largest absolute Gasteiger partial charge is 0.363 e. The number of carbonyl (C=O) groups is 1. The maximum absolute atomic E-state index is 13.0. The first-order valence-corrected chi connectivity index (χ1v) is 10.8. The smallest absolute Gasteiger partial charge is 0.226 e. The van der Waals surface area contributed by atoms with E-state index in [1.54, 1.807) is 6.33 Å². The minimum Gasteiger partial charge on any atom is -0.363 e. The molecule has 1 aliphatic carbocycles. The van der Waals surface area contributed by atoms with E-state index in [2.05, 4.69) is 37.8 Å². The molecule has 3 fully saturated rings. The van der Waals surface area contributed by atoms with Gasteiger partial charge in [-0.3, -0.25) is 4.79 Å². The highest BCUT2D eigenvalue weighted by molar-refractivity contribution is 5.79. The summed E-state index contributed by atoms with van der Waals surface area (Å²) in [6.45, 7) is 3.79. The van der Waals surface area contributed by atoms with Crippen LogP contribution in [0.1, 0.15) is 38.5 Å². The van der Waals surface area contributed by atoms with Gasteiger partial charge in [0.05, 0.1) is 5.92 Å². The number of carbonyl (C=O) groups excluding carboxylic acids is 1. The average molecular weight is 387 g/mol. The van der Waals surface area contributed by atoms with Crippen LogP contribution in [0.5, 0.6) is 0 Å². The highest BCUT2D eigenvalue weighted by atomic mass is 16.2. The van der Waals surface area contributed by atoms with Crippen LogP contribution in [-0.2, 0) is 4.79 Å². The number of hydrogen-bond donors (Lipinski definition) is 0. The van der Waals surface area contributed by atoms with E-state index < -0.39 is 0 Å². The topological polar surface area (TPSA) is 55.8 Å². The van der Waals surface area contributed by atoms with Crippen molar-refractivity contribution in [3.05, 3.63) is 12.4 Å². The van der Waals surface area contributed by atoms with E-state index in [1.165, 1.54) is 12.8 Å². The summed E-state index contributed by atoms with van der Waals surface area (Å²) in [7, 11) is 6.16. The summed E-state index contributed by atoms with van der Waals surface area (Å²) in [5.74, 6) is 2.56. The summed E-state index contributed by atoms with van der Waals surface area (Å²) in [5, 5.41) is 0. The predicted octanol–water partition coefficient (Wildman–Crippen LogP) is 1.84. The maximum Gasteiger partial charge on any atom is 0.226 e. The average Bonchev–Trinajstić information content (AvgIpc) is 3.53. The Labute approximate surface area is 168 Å². The molecule has 1 saturated carbocycles. The summed E-state index contributed by atoms with van der Waals surface area (Å²) < 4.78 is 0. The standard InChI is InChI=1S/C21H34N6O/c1-24(2)19-13-20(23-15-22-19)27(17-6-7-17)18-8-11-26(12-9-18)21(28)16-5-4-10-25(3)14-16/h13,15-18H,4-12,14H2,1-3H3. The lowest BCUT2D eigenvalue weighted by atomic mass is 9.95. The van der Waals surface area contributed by atoms with Crippen molar-refractivity contribution in [3.63, 3.8) is 0 Å². The van der Waals surface area contributed by atoms with Crippen molar-refractivity contribution >= 4 is 17.5 Å². The Morgan fingerprint density at radius 2 is 1.68 bits per heavy atom. The molecule has 154 valence electrons. The SMILES string of the molecule is CN1CCCC(C(=O)N2CCC(N(c3cc(N(C)C)ncn3)C3CC3)CC2)C1. The maximum atomic E-state index is 13.0. The molecular formula is C21H34N6O. The van der Waals surface area contributed by atoms with Gasteiger partial charge in [0, 0.05) is 51.9 Å². The zero-order chi connectivity index (χ0) is 19.7. The molecule has 0 N–H and O–H groups in total. The molecule has 28 heavy (non-hydrogen) atoms. The van der Waals surface area contributed by atoms with E-state index >= 15 is 0 Å². The monoisotopic (exact) mass is 386 g/mol. The highest BCUT2D eigenvalue weighted by Crippen LogP contribution is 2.36. The number of hydrogen-bond acceptors (Lipinski definition) is 6. The van der Waals surface area contributed by atoms with Crippen LogP contribution in [0.4, 0.5) is 11.6 Å². The first-order chi connectivity index (χ1) is 13.5. The number of piperidine rings is 2. The fourth-order valence-corrected chi connectivity index (χ4v) is 4.74. The third kappa shape index (κ3) is 4.24. The summed E-state index contributed by atoms with van der Waals surface area (Å²) in [6, 6.07) is 3.17. The normalized spacial score (nSPS) is 24.2. The Bertz CT molecular complexity index is 683. The van der Waals surface area contributed by atoms with Crippen LogP contribution in [0.3, 0.4) is 0 Å². The molecule has 2 saturated heterocycles. The van der Waals surface area contributed by atoms with Crippen LogP contribution in [0.2, 0.25) is 0 Å². The Morgan fingerprint density at radius 3 is 2.32 bits per heavy atom. The van der Waals surface area contributed by atoms with Crippen LogP contribution >= 0.6 is 0 Å².